The van der Waals surface area contributed by atoms with Crippen molar-refractivity contribution in [2.75, 3.05) is 0 Å². The molecule has 0 aliphatic heterocycles. The minimum atomic E-state index is -0.527. The molecule has 3 aromatic rings. The van der Waals surface area contributed by atoms with Crippen LogP contribution >= 0.6 is 34.5 Å². The van der Waals surface area contributed by atoms with E-state index in [1.165, 1.54) is 35.6 Å². The normalized spacial score (nSPS) is 11.7. The molecule has 0 bridgehead atoms. The van der Waals surface area contributed by atoms with Gasteiger partial charge in [-0.2, -0.15) is 4.99 Å². The maximum absolute atomic E-state index is 12.5. The second-order valence-corrected chi connectivity index (χ2v) is 7.01. The number of nitrogens with zero attached hydrogens (tertiary/aromatic N) is 3. The molecule has 0 N–H and O–H groups in total. The zero-order chi connectivity index (χ0) is 18.8. The van der Waals surface area contributed by atoms with Crippen molar-refractivity contribution in [3.63, 3.8) is 0 Å². The Kier molecular flexibility index (Phi) is 5.22. The van der Waals surface area contributed by atoms with Crippen LogP contribution in [0.25, 0.3) is 10.2 Å². The van der Waals surface area contributed by atoms with Crippen LogP contribution in [0.5, 0.6) is 0 Å². The van der Waals surface area contributed by atoms with E-state index in [4.69, 9.17) is 23.2 Å². The number of thiazole rings is 1. The largest absolute Gasteiger partial charge is 0.311 e. The molecule has 0 atom stereocenters. The molecule has 2 aromatic carbocycles. The van der Waals surface area contributed by atoms with Gasteiger partial charge in [-0.1, -0.05) is 40.6 Å². The SMILES string of the molecule is C=CCn1c(=NC(=O)c2ccc([N+](=O)[O-])cc2)sc2ccc(Cl)c(Cl)c21. The highest BCUT2D eigenvalue weighted by Crippen LogP contribution is 2.32. The van der Waals surface area contributed by atoms with Crippen molar-refractivity contribution >= 4 is 56.3 Å². The molecule has 0 spiro atoms. The molecule has 6 nitrogen and oxygen atoms in total. The van der Waals surface area contributed by atoms with E-state index in [9.17, 15) is 14.9 Å². The predicted octanol–water partition coefficient (Wildman–Crippen LogP) is 4.84. The smallest absolute Gasteiger partial charge is 0.279 e. The van der Waals surface area contributed by atoms with E-state index in [-0.39, 0.29) is 11.3 Å². The minimum Gasteiger partial charge on any atom is -0.311 e. The molecule has 0 aliphatic rings. The van der Waals surface area contributed by atoms with Crippen molar-refractivity contribution in [2.24, 2.45) is 4.99 Å². The first-order chi connectivity index (χ1) is 12.4. The molecule has 9 heteroatoms. The van der Waals surface area contributed by atoms with Gasteiger partial charge in [-0.05, 0) is 24.3 Å². The number of benzene rings is 2. The molecule has 0 saturated carbocycles. The summed E-state index contributed by atoms with van der Waals surface area (Å²) < 4.78 is 2.58. The van der Waals surface area contributed by atoms with Gasteiger partial charge in [-0.15, -0.1) is 6.58 Å². The maximum atomic E-state index is 12.5. The summed E-state index contributed by atoms with van der Waals surface area (Å²) in [5.41, 5.74) is 0.841. The quantitative estimate of drug-likeness (QED) is 0.352. The van der Waals surface area contributed by atoms with Crippen molar-refractivity contribution in [3.05, 3.63) is 79.6 Å². The summed E-state index contributed by atoms with van der Waals surface area (Å²) in [6, 6.07) is 8.77. The van der Waals surface area contributed by atoms with Crippen LogP contribution in [0.3, 0.4) is 0 Å². The Morgan fingerprint density at radius 2 is 1.96 bits per heavy atom. The predicted molar refractivity (Wildman–Crippen MR) is 103 cm³/mol. The Balaban J connectivity index is 2.12. The number of rotatable bonds is 4. The third-order valence-electron chi connectivity index (χ3n) is 3.57. The molecule has 1 amide bonds. The highest BCUT2D eigenvalue weighted by molar-refractivity contribution is 7.16. The number of fused-ring (bicyclic) bond motifs is 1. The fourth-order valence-electron chi connectivity index (χ4n) is 2.36. The Morgan fingerprint density at radius 3 is 2.58 bits per heavy atom. The average Bonchev–Trinajstić information content (AvgIpc) is 2.96. The zero-order valence-corrected chi connectivity index (χ0v) is 15.5. The van der Waals surface area contributed by atoms with Crippen LogP contribution in [0.4, 0.5) is 5.69 Å². The van der Waals surface area contributed by atoms with Gasteiger partial charge < -0.3 is 4.57 Å². The van der Waals surface area contributed by atoms with Crippen LogP contribution in [-0.2, 0) is 6.54 Å². The molecule has 1 aromatic heterocycles. The van der Waals surface area contributed by atoms with E-state index in [2.05, 4.69) is 11.6 Å². The first-order valence-corrected chi connectivity index (χ1v) is 8.91. The minimum absolute atomic E-state index is 0.0912. The van der Waals surface area contributed by atoms with E-state index in [1.807, 2.05) is 6.07 Å². The van der Waals surface area contributed by atoms with Gasteiger partial charge in [0.05, 0.1) is 25.2 Å². The Labute approximate surface area is 161 Å². The van der Waals surface area contributed by atoms with E-state index >= 15 is 0 Å². The molecule has 0 saturated heterocycles. The number of hydrogen-bond donors (Lipinski definition) is 0. The topological polar surface area (TPSA) is 77.5 Å². The van der Waals surface area contributed by atoms with E-state index < -0.39 is 10.8 Å². The van der Waals surface area contributed by atoms with Crippen LogP contribution in [0, 0.1) is 10.1 Å². The summed E-state index contributed by atoms with van der Waals surface area (Å²) >= 11 is 13.7. The fraction of sp³-hybridized carbons (Fsp3) is 0.0588. The van der Waals surface area contributed by atoms with Crippen LogP contribution in [-0.4, -0.2) is 15.4 Å². The number of aromatic nitrogens is 1. The van der Waals surface area contributed by atoms with Gasteiger partial charge in [-0.25, -0.2) is 0 Å². The van der Waals surface area contributed by atoms with Crippen LogP contribution in [0.1, 0.15) is 10.4 Å². The summed E-state index contributed by atoms with van der Waals surface area (Å²) in [5, 5.41) is 11.5. The summed E-state index contributed by atoms with van der Waals surface area (Å²) in [6.45, 7) is 4.11. The Morgan fingerprint density at radius 1 is 1.27 bits per heavy atom. The lowest BCUT2D eigenvalue weighted by molar-refractivity contribution is -0.384. The van der Waals surface area contributed by atoms with E-state index in [1.54, 1.807) is 16.7 Å². The highest BCUT2D eigenvalue weighted by atomic mass is 35.5. The van der Waals surface area contributed by atoms with Crippen molar-refractivity contribution in [1.82, 2.24) is 4.57 Å². The number of allylic oxidation sites excluding steroid dienone is 1. The number of nitro groups is 1. The molecule has 0 fully saturated rings. The number of halogens is 2. The van der Waals surface area contributed by atoms with Gasteiger partial charge in [-0.3, -0.25) is 14.9 Å². The lowest BCUT2D eigenvalue weighted by atomic mass is 10.2. The molecule has 3 rings (SSSR count). The van der Waals surface area contributed by atoms with Gasteiger partial charge in [0.25, 0.3) is 11.6 Å². The van der Waals surface area contributed by atoms with Gasteiger partial charge in [0.2, 0.25) is 0 Å². The first-order valence-electron chi connectivity index (χ1n) is 7.34. The number of amides is 1. The lowest BCUT2D eigenvalue weighted by Crippen LogP contribution is -2.16. The standard InChI is InChI=1S/C17H11Cl2N3O3S/c1-2-9-21-15-13(8-7-12(18)14(15)19)26-17(21)20-16(23)10-3-5-11(6-4-10)22(24)25/h2-8H,1,9H2. The summed E-state index contributed by atoms with van der Waals surface area (Å²) in [6.07, 6.45) is 1.67. The van der Waals surface area contributed by atoms with Crippen LogP contribution in [0.15, 0.2) is 54.0 Å². The molecular weight excluding hydrogens is 397 g/mol. The number of hydrogen-bond acceptors (Lipinski definition) is 4. The fourth-order valence-corrected chi connectivity index (χ4v) is 3.89. The lowest BCUT2D eigenvalue weighted by Gasteiger charge is -2.04. The summed E-state index contributed by atoms with van der Waals surface area (Å²) in [5.74, 6) is -0.508. The van der Waals surface area contributed by atoms with Gasteiger partial charge in [0, 0.05) is 24.2 Å². The van der Waals surface area contributed by atoms with Crippen molar-refractivity contribution < 1.29 is 9.72 Å². The van der Waals surface area contributed by atoms with Gasteiger partial charge in [0.1, 0.15) is 0 Å². The highest BCUT2D eigenvalue weighted by Gasteiger charge is 2.14. The van der Waals surface area contributed by atoms with Crippen molar-refractivity contribution in [1.29, 1.82) is 0 Å². The molecule has 1 heterocycles. The second kappa shape index (κ2) is 7.41. The summed E-state index contributed by atoms with van der Waals surface area (Å²) in [7, 11) is 0. The molecular formula is C17H11Cl2N3O3S. The van der Waals surface area contributed by atoms with E-state index in [0.717, 1.165) is 4.70 Å². The second-order valence-electron chi connectivity index (χ2n) is 5.21. The Hall–Kier alpha value is -2.48. The molecule has 0 aliphatic carbocycles. The molecule has 0 unspecified atom stereocenters. The zero-order valence-electron chi connectivity index (χ0n) is 13.2. The number of carbonyl (C=O) groups excluding carboxylic acids is 1. The third-order valence-corrected chi connectivity index (χ3v) is 5.41. The van der Waals surface area contributed by atoms with Crippen molar-refractivity contribution in [3.8, 4) is 0 Å². The van der Waals surface area contributed by atoms with E-state index in [0.29, 0.717) is 26.9 Å². The molecule has 26 heavy (non-hydrogen) atoms. The van der Waals surface area contributed by atoms with Crippen molar-refractivity contribution in [2.45, 2.75) is 6.54 Å². The van der Waals surface area contributed by atoms with Gasteiger partial charge >= 0.3 is 0 Å². The molecule has 132 valence electrons. The maximum Gasteiger partial charge on any atom is 0.279 e. The number of nitro benzene ring substituents is 1. The summed E-state index contributed by atoms with van der Waals surface area (Å²) in [4.78, 5) is 27.2. The Bertz CT molecular complexity index is 1100. The average molecular weight is 408 g/mol. The third kappa shape index (κ3) is 3.41. The van der Waals surface area contributed by atoms with Crippen LogP contribution < -0.4 is 4.80 Å². The monoisotopic (exact) mass is 407 g/mol. The first kappa shape index (κ1) is 18.3. The molecule has 0 radical (unpaired) electrons. The number of non-ortho nitro benzene ring substituents is 1. The van der Waals surface area contributed by atoms with Gasteiger partial charge in [0.15, 0.2) is 4.80 Å². The number of carbonyl (C=O) groups is 1. The van der Waals surface area contributed by atoms with Crippen LogP contribution in [0.2, 0.25) is 10.0 Å².